The van der Waals surface area contributed by atoms with Crippen molar-refractivity contribution in [1.29, 1.82) is 0 Å². The Morgan fingerprint density at radius 3 is 2.33 bits per heavy atom. The number of ether oxygens (including phenoxy) is 1. The molecule has 4 heteroatoms. The van der Waals surface area contributed by atoms with E-state index in [1.807, 2.05) is 36.2 Å². The fourth-order valence-electron chi connectivity index (χ4n) is 3.17. The lowest BCUT2D eigenvalue weighted by Gasteiger charge is -2.25. The van der Waals surface area contributed by atoms with E-state index in [0.717, 1.165) is 11.3 Å². The third-order valence-electron chi connectivity index (χ3n) is 4.68. The summed E-state index contributed by atoms with van der Waals surface area (Å²) in [5.41, 5.74) is 7.93. The fourth-order valence-corrected chi connectivity index (χ4v) is 3.17. The first-order valence-electron chi connectivity index (χ1n) is 9.45. The maximum absolute atomic E-state index is 12.2. The first kappa shape index (κ1) is 19.2. The van der Waals surface area contributed by atoms with Crippen LogP contribution in [0.2, 0.25) is 0 Å². The summed E-state index contributed by atoms with van der Waals surface area (Å²) in [4.78, 5) is 12.2. The number of hydrazine groups is 1. The zero-order valence-electron chi connectivity index (χ0n) is 16.5. The van der Waals surface area contributed by atoms with Gasteiger partial charge in [-0.25, -0.2) is 10.2 Å². The summed E-state index contributed by atoms with van der Waals surface area (Å²) in [5.74, 6) is -0.253. The third kappa shape index (κ3) is 4.58. The lowest BCUT2D eigenvalue weighted by atomic mass is 9.86. The summed E-state index contributed by atoms with van der Waals surface area (Å²) in [6, 6.07) is 18.3. The van der Waals surface area contributed by atoms with Crippen LogP contribution >= 0.6 is 0 Å². The van der Waals surface area contributed by atoms with Crippen molar-refractivity contribution >= 4 is 11.7 Å². The van der Waals surface area contributed by atoms with Gasteiger partial charge >= 0.3 is 5.97 Å². The maximum Gasteiger partial charge on any atom is 0.329 e. The van der Waals surface area contributed by atoms with Crippen LogP contribution in [0.5, 0.6) is 0 Å². The van der Waals surface area contributed by atoms with Crippen LogP contribution in [0.25, 0.3) is 5.70 Å². The van der Waals surface area contributed by atoms with Gasteiger partial charge in [0.25, 0.3) is 0 Å². The second-order valence-electron chi connectivity index (χ2n) is 7.81. The predicted molar refractivity (Wildman–Crippen MR) is 109 cm³/mol. The van der Waals surface area contributed by atoms with Gasteiger partial charge in [-0.1, -0.05) is 75.4 Å². The quantitative estimate of drug-likeness (QED) is 0.804. The van der Waals surface area contributed by atoms with Crippen LogP contribution in [0.4, 0.5) is 0 Å². The Morgan fingerprint density at radius 1 is 1.07 bits per heavy atom. The Bertz CT molecular complexity index is 805. The smallest absolute Gasteiger partial charge is 0.329 e. The predicted octanol–water partition coefficient (Wildman–Crippen LogP) is 4.28. The minimum atomic E-state index is -0.467. The molecule has 2 aromatic carbocycles. The molecule has 0 saturated heterocycles. The number of carbonyl (C=O) groups excluding carboxylic acids is 1. The van der Waals surface area contributed by atoms with Gasteiger partial charge in [-0.3, -0.25) is 0 Å². The van der Waals surface area contributed by atoms with Gasteiger partial charge in [0.15, 0.2) is 0 Å². The van der Waals surface area contributed by atoms with E-state index in [0.29, 0.717) is 13.2 Å². The Morgan fingerprint density at radius 2 is 1.74 bits per heavy atom. The molecule has 2 aromatic rings. The molecule has 1 heterocycles. The molecule has 0 bridgehead atoms. The van der Waals surface area contributed by atoms with E-state index in [9.17, 15) is 4.79 Å². The molecule has 0 radical (unpaired) electrons. The standard InChI is InChI=1S/C23H28N2O2/c1-5-27-22(26)20-15-21(18-11-13-19(14-12-18)23(2,3)4)25(24-20)16-17-9-7-6-8-10-17/h6-15,20,24H,5,16H2,1-4H3. The summed E-state index contributed by atoms with van der Waals surface area (Å²) in [7, 11) is 0. The van der Waals surface area contributed by atoms with Gasteiger partial charge in [0.05, 0.1) is 18.8 Å². The first-order chi connectivity index (χ1) is 12.9. The summed E-state index contributed by atoms with van der Waals surface area (Å²) in [6.45, 7) is 9.48. The SMILES string of the molecule is CCOC(=O)C1C=C(c2ccc(C(C)(C)C)cc2)N(Cc2ccccc2)N1. The zero-order chi connectivity index (χ0) is 19.4. The summed E-state index contributed by atoms with van der Waals surface area (Å²) in [5, 5.41) is 2.03. The molecule has 0 fully saturated rings. The maximum atomic E-state index is 12.2. The van der Waals surface area contributed by atoms with Crippen LogP contribution < -0.4 is 5.43 Å². The Kier molecular flexibility index (Phi) is 5.66. The van der Waals surface area contributed by atoms with Crippen molar-refractivity contribution < 1.29 is 9.53 Å². The van der Waals surface area contributed by atoms with Crippen LogP contribution in [0.15, 0.2) is 60.7 Å². The molecule has 0 amide bonds. The average Bonchev–Trinajstić information content (AvgIpc) is 3.06. The van der Waals surface area contributed by atoms with E-state index in [-0.39, 0.29) is 11.4 Å². The number of rotatable bonds is 5. The molecule has 0 aromatic heterocycles. The molecule has 0 aliphatic carbocycles. The van der Waals surface area contributed by atoms with Crippen LogP contribution in [0, 0.1) is 0 Å². The monoisotopic (exact) mass is 364 g/mol. The molecular formula is C23H28N2O2. The lowest BCUT2D eigenvalue weighted by Crippen LogP contribution is -2.41. The largest absolute Gasteiger partial charge is 0.465 e. The number of esters is 1. The summed E-state index contributed by atoms with van der Waals surface area (Å²) in [6.07, 6.45) is 1.95. The molecule has 27 heavy (non-hydrogen) atoms. The highest BCUT2D eigenvalue weighted by Gasteiger charge is 2.29. The zero-order valence-corrected chi connectivity index (χ0v) is 16.5. The van der Waals surface area contributed by atoms with Gasteiger partial charge < -0.3 is 9.75 Å². The summed E-state index contributed by atoms with van der Waals surface area (Å²) >= 11 is 0. The lowest BCUT2D eigenvalue weighted by molar-refractivity contribution is -0.144. The highest BCUT2D eigenvalue weighted by molar-refractivity contribution is 5.83. The number of hydrogen-bond acceptors (Lipinski definition) is 4. The van der Waals surface area contributed by atoms with Gasteiger partial charge in [0.1, 0.15) is 6.04 Å². The second kappa shape index (κ2) is 7.97. The Hall–Kier alpha value is -2.59. The number of nitrogens with zero attached hydrogens (tertiary/aromatic N) is 1. The molecule has 1 aliphatic heterocycles. The normalized spacial score (nSPS) is 17.0. The van der Waals surface area contributed by atoms with Gasteiger partial charge in [-0.15, -0.1) is 0 Å². The molecule has 142 valence electrons. The van der Waals surface area contributed by atoms with E-state index in [1.54, 1.807) is 0 Å². The van der Waals surface area contributed by atoms with E-state index in [4.69, 9.17) is 4.74 Å². The topological polar surface area (TPSA) is 41.6 Å². The first-order valence-corrected chi connectivity index (χ1v) is 9.45. The number of hydrogen-bond donors (Lipinski definition) is 1. The van der Waals surface area contributed by atoms with E-state index < -0.39 is 6.04 Å². The molecule has 3 rings (SSSR count). The van der Waals surface area contributed by atoms with Gasteiger partial charge in [-0.2, -0.15) is 0 Å². The molecule has 0 saturated carbocycles. The van der Waals surface area contributed by atoms with E-state index in [1.165, 1.54) is 11.1 Å². The van der Waals surface area contributed by atoms with Crippen LogP contribution in [-0.2, 0) is 21.5 Å². The van der Waals surface area contributed by atoms with Crippen molar-refractivity contribution in [3.63, 3.8) is 0 Å². The molecule has 1 N–H and O–H groups in total. The minimum absolute atomic E-state index is 0.109. The highest BCUT2D eigenvalue weighted by atomic mass is 16.5. The number of benzene rings is 2. The van der Waals surface area contributed by atoms with Crippen LogP contribution in [-0.4, -0.2) is 23.6 Å². The van der Waals surface area contributed by atoms with Crippen molar-refractivity contribution in [3.05, 3.63) is 77.4 Å². The number of carbonyl (C=O) groups is 1. The van der Waals surface area contributed by atoms with Crippen molar-refractivity contribution in [2.75, 3.05) is 6.61 Å². The fraction of sp³-hybridized carbons (Fsp3) is 0.348. The van der Waals surface area contributed by atoms with E-state index in [2.05, 4.69) is 62.6 Å². The third-order valence-corrected chi connectivity index (χ3v) is 4.68. The van der Waals surface area contributed by atoms with Gasteiger partial charge in [-0.05, 0) is 35.1 Å². The Balaban J connectivity index is 1.88. The molecular weight excluding hydrogens is 336 g/mol. The molecule has 1 unspecified atom stereocenters. The molecule has 4 nitrogen and oxygen atoms in total. The van der Waals surface area contributed by atoms with Crippen molar-refractivity contribution in [2.45, 2.75) is 45.7 Å². The van der Waals surface area contributed by atoms with Crippen LogP contribution in [0.3, 0.4) is 0 Å². The molecule has 1 atom stereocenters. The van der Waals surface area contributed by atoms with Crippen molar-refractivity contribution in [2.24, 2.45) is 0 Å². The minimum Gasteiger partial charge on any atom is -0.465 e. The second-order valence-corrected chi connectivity index (χ2v) is 7.81. The Labute approximate surface area is 161 Å². The van der Waals surface area contributed by atoms with E-state index >= 15 is 0 Å². The van der Waals surface area contributed by atoms with Gasteiger partial charge in [0, 0.05) is 0 Å². The number of nitrogens with one attached hydrogen (secondary N) is 1. The van der Waals surface area contributed by atoms with Crippen molar-refractivity contribution in [3.8, 4) is 0 Å². The summed E-state index contributed by atoms with van der Waals surface area (Å²) < 4.78 is 5.20. The molecule has 0 spiro atoms. The highest BCUT2D eigenvalue weighted by Crippen LogP contribution is 2.29. The van der Waals surface area contributed by atoms with Crippen molar-refractivity contribution in [1.82, 2.24) is 10.4 Å². The molecule has 1 aliphatic rings. The van der Waals surface area contributed by atoms with Gasteiger partial charge in [0.2, 0.25) is 0 Å². The van der Waals surface area contributed by atoms with Crippen LogP contribution in [0.1, 0.15) is 44.4 Å². The average molecular weight is 364 g/mol.